The fourth-order valence-electron chi connectivity index (χ4n) is 4.40. The summed E-state index contributed by atoms with van der Waals surface area (Å²) in [5, 5.41) is 11.7. The van der Waals surface area contributed by atoms with Crippen molar-refractivity contribution >= 4 is 16.9 Å². The molecule has 6 rings (SSSR count). The zero-order valence-corrected chi connectivity index (χ0v) is 20.3. The lowest BCUT2D eigenvalue weighted by Crippen LogP contribution is -2.18. The van der Waals surface area contributed by atoms with Gasteiger partial charge >= 0.3 is 5.69 Å². The van der Waals surface area contributed by atoms with Crippen molar-refractivity contribution in [2.24, 2.45) is 0 Å². The Bertz CT molecular complexity index is 1660. The molecule has 0 aliphatic carbocycles. The van der Waals surface area contributed by atoms with E-state index in [-0.39, 0.29) is 29.8 Å². The van der Waals surface area contributed by atoms with E-state index in [1.54, 1.807) is 16.8 Å². The first-order valence-corrected chi connectivity index (χ1v) is 11.9. The number of rotatable bonds is 7. The van der Waals surface area contributed by atoms with Gasteiger partial charge in [0.05, 0.1) is 11.4 Å². The second-order valence-corrected chi connectivity index (χ2v) is 9.08. The second kappa shape index (κ2) is 8.86. The SMILES string of the molecule is Cc1c(C2OC2Nc2ccc(Oc3ccnc4[nH]c(=O)n(C(C)C)c34)c(F)c2)nnn1-c1ccccc1. The molecule has 1 aliphatic heterocycles. The molecule has 4 heterocycles. The van der Waals surface area contributed by atoms with Gasteiger partial charge in [0.15, 0.2) is 35.3 Å². The minimum atomic E-state index is -0.563. The van der Waals surface area contributed by atoms with Gasteiger partial charge in [0.1, 0.15) is 11.2 Å². The molecule has 1 fully saturated rings. The molecule has 2 unspecified atom stereocenters. The van der Waals surface area contributed by atoms with Crippen LogP contribution in [0.15, 0.2) is 65.6 Å². The maximum atomic E-state index is 15.0. The fourth-order valence-corrected chi connectivity index (χ4v) is 4.40. The van der Waals surface area contributed by atoms with Gasteiger partial charge in [0, 0.05) is 30.1 Å². The highest BCUT2D eigenvalue weighted by Crippen LogP contribution is 2.40. The van der Waals surface area contributed by atoms with Gasteiger partial charge in [-0.05, 0) is 45.0 Å². The summed E-state index contributed by atoms with van der Waals surface area (Å²) in [5.74, 6) is -0.205. The van der Waals surface area contributed by atoms with Gasteiger partial charge in [-0.2, -0.15) is 0 Å². The summed E-state index contributed by atoms with van der Waals surface area (Å²) in [7, 11) is 0. The van der Waals surface area contributed by atoms with Gasteiger partial charge in [-0.1, -0.05) is 23.4 Å². The molecule has 2 aromatic carbocycles. The van der Waals surface area contributed by atoms with Crippen molar-refractivity contribution in [3.05, 3.63) is 88.5 Å². The van der Waals surface area contributed by atoms with Gasteiger partial charge in [-0.3, -0.25) is 9.55 Å². The van der Waals surface area contributed by atoms with Crippen molar-refractivity contribution in [3.8, 4) is 17.2 Å². The van der Waals surface area contributed by atoms with E-state index < -0.39 is 5.82 Å². The standard InChI is InChI=1S/C26H24FN7O3/c1-14(2)33-22-20(11-12-28-24(22)30-26(33)35)36-19-10-9-16(13-18(19)27)29-25-23(37-25)21-15(3)34(32-31-21)17-7-5-4-6-8-17/h4-14,23,25,29H,1-3H3,(H,28,30,35). The number of benzene rings is 2. The summed E-state index contributed by atoms with van der Waals surface area (Å²) < 4.78 is 30.0. The van der Waals surface area contributed by atoms with Gasteiger partial charge in [-0.25, -0.2) is 18.9 Å². The zero-order chi connectivity index (χ0) is 25.7. The second-order valence-electron chi connectivity index (χ2n) is 9.08. The van der Waals surface area contributed by atoms with Gasteiger partial charge in [0.25, 0.3) is 0 Å². The Labute approximate surface area is 210 Å². The third-order valence-corrected chi connectivity index (χ3v) is 6.24. The smallest absolute Gasteiger partial charge is 0.328 e. The van der Waals surface area contributed by atoms with Gasteiger partial charge < -0.3 is 14.8 Å². The van der Waals surface area contributed by atoms with Crippen LogP contribution in [0.4, 0.5) is 10.1 Å². The number of nitrogens with one attached hydrogen (secondary N) is 2. The Kier molecular flexibility index (Phi) is 5.49. The molecule has 10 nitrogen and oxygen atoms in total. The summed E-state index contributed by atoms with van der Waals surface area (Å²) in [6, 6.07) is 15.8. The number of anilines is 1. The van der Waals surface area contributed by atoms with E-state index in [0.29, 0.717) is 22.6 Å². The van der Waals surface area contributed by atoms with E-state index in [9.17, 15) is 4.79 Å². The predicted octanol–water partition coefficient (Wildman–Crippen LogP) is 4.64. The molecule has 2 N–H and O–H groups in total. The van der Waals surface area contributed by atoms with E-state index in [1.165, 1.54) is 22.9 Å². The number of ether oxygens (including phenoxy) is 2. The minimum absolute atomic E-state index is 0.0249. The van der Waals surface area contributed by atoms with Crippen molar-refractivity contribution in [3.63, 3.8) is 0 Å². The Morgan fingerprint density at radius 3 is 2.70 bits per heavy atom. The average molecular weight is 502 g/mol. The van der Waals surface area contributed by atoms with Crippen LogP contribution in [0.5, 0.6) is 11.5 Å². The fraction of sp³-hybridized carbons (Fsp3) is 0.231. The van der Waals surface area contributed by atoms with Crippen LogP contribution in [0.1, 0.15) is 37.4 Å². The number of imidazole rings is 1. The molecule has 2 atom stereocenters. The molecule has 3 aromatic heterocycles. The maximum Gasteiger partial charge on any atom is 0.328 e. The minimum Gasteiger partial charge on any atom is -0.452 e. The highest BCUT2D eigenvalue weighted by atomic mass is 19.1. The molecule has 0 saturated carbocycles. The highest BCUT2D eigenvalue weighted by Gasteiger charge is 2.44. The van der Waals surface area contributed by atoms with Crippen LogP contribution in [0, 0.1) is 12.7 Å². The molecule has 11 heteroatoms. The molecule has 37 heavy (non-hydrogen) atoms. The molecule has 0 bridgehead atoms. The predicted molar refractivity (Wildman–Crippen MR) is 135 cm³/mol. The first-order chi connectivity index (χ1) is 17.9. The normalized spacial score (nSPS) is 16.9. The number of hydrogen-bond acceptors (Lipinski definition) is 7. The lowest BCUT2D eigenvalue weighted by molar-refractivity contribution is 0.382. The first-order valence-electron chi connectivity index (χ1n) is 11.9. The number of pyridine rings is 1. The summed E-state index contributed by atoms with van der Waals surface area (Å²) in [5.41, 5.74) is 3.62. The molecule has 1 saturated heterocycles. The van der Waals surface area contributed by atoms with Gasteiger partial charge in [-0.15, -0.1) is 5.10 Å². The monoisotopic (exact) mass is 501 g/mol. The van der Waals surface area contributed by atoms with Crippen LogP contribution in [0.3, 0.4) is 0 Å². The van der Waals surface area contributed by atoms with Crippen molar-refractivity contribution in [1.82, 2.24) is 29.5 Å². The Hall–Kier alpha value is -4.51. The number of nitrogens with zero attached hydrogens (tertiary/aromatic N) is 5. The summed E-state index contributed by atoms with van der Waals surface area (Å²) in [6.45, 7) is 5.69. The van der Waals surface area contributed by atoms with Crippen molar-refractivity contribution in [2.75, 3.05) is 5.32 Å². The molecular weight excluding hydrogens is 477 g/mol. The number of fused-ring (bicyclic) bond motifs is 1. The lowest BCUT2D eigenvalue weighted by atomic mass is 10.2. The number of H-pyrrole nitrogens is 1. The van der Waals surface area contributed by atoms with Crippen LogP contribution in [-0.2, 0) is 4.74 Å². The van der Waals surface area contributed by atoms with Crippen LogP contribution < -0.4 is 15.7 Å². The molecule has 5 aromatic rings. The topological polar surface area (TPSA) is 115 Å². The van der Waals surface area contributed by atoms with E-state index >= 15 is 4.39 Å². The quantitative estimate of drug-likeness (QED) is 0.312. The van der Waals surface area contributed by atoms with E-state index in [2.05, 4.69) is 25.6 Å². The van der Waals surface area contributed by atoms with Crippen molar-refractivity contribution < 1.29 is 13.9 Å². The summed E-state index contributed by atoms with van der Waals surface area (Å²) in [6.07, 6.45) is 0.862. The van der Waals surface area contributed by atoms with E-state index in [4.69, 9.17) is 9.47 Å². The first kappa shape index (κ1) is 22.9. The number of aromatic nitrogens is 6. The largest absolute Gasteiger partial charge is 0.452 e. The Morgan fingerprint density at radius 1 is 1.14 bits per heavy atom. The molecule has 188 valence electrons. The number of hydrogen-bond donors (Lipinski definition) is 2. The van der Waals surface area contributed by atoms with E-state index in [0.717, 1.165) is 17.1 Å². The summed E-state index contributed by atoms with van der Waals surface area (Å²) in [4.78, 5) is 19.2. The average Bonchev–Trinajstić information content (AvgIpc) is 3.37. The number of aromatic amines is 1. The summed E-state index contributed by atoms with van der Waals surface area (Å²) >= 11 is 0. The number of para-hydroxylation sites is 1. The van der Waals surface area contributed by atoms with Crippen LogP contribution >= 0.6 is 0 Å². The zero-order valence-electron chi connectivity index (χ0n) is 20.3. The molecule has 0 spiro atoms. The Balaban J connectivity index is 1.18. The van der Waals surface area contributed by atoms with Crippen LogP contribution in [-0.4, -0.2) is 35.8 Å². The van der Waals surface area contributed by atoms with E-state index in [1.807, 2.05) is 51.1 Å². The number of epoxide rings is 1. The Morgan fingerprint density at radius 2 is 1.95 bits per heavy atom. The number of halogens is 1. The molecular formula is C26H24FN7O3. The third kappa shape index (κ3) is 4.12. The molecule has 1 aliphatic rings. The van der Waals surface area contributed by atoms with Crippen LogP contribution in [0.2, 0.25) is 0 Å². The molecule has 0 radical (unpaired) electrons. The van der Waals surface area contributed by atoms with Crippen molar-refractivity contribution in [2.45, 2.75) is 39.1 Å². The van der Waals surface area contributed by atoms with Gasteiger partial charge in [0.2, 0.25) is 0 Å². The third-order valence-electron chi connectivity index (χ3n) is 6.24. The van der Waals surface area contributed by atoms with Crippen LogP contribution in [0.25, 0.3) is 16.9 Å². The lowest BCUT2D eigenvalue weighted by Gasteiger charge is -2.12. The maximum absolute atomic E-state index is 15.0. The van der Waals surface area contributed by atoms with Crippen molar-refractivity contribution in [1.29, 1.82) is 0 Å². The highest BCUT2D eigenvalue weighted by molar-refractivity contribution is 5.78. The molecule has 0 amide bonds.